The van der Waals surface area contributed by atoms with Gasteiger partial charge in [0.05, 0.1) is 24.8 Å². The minimum atomic E-state index is -4.33. The van der Waals surface area contributed by atoms with Crippen LogP contribution in [0.3, 0.4) is 0 Å². The van der Waals surface area contributed by atoms with Gasteiger partial charge in [-0.3, -0.25) is 0 Å². The van der Waals surface area contributed by atoms with E-state index in [1.807, 2.05) is 12.1 Å². The van der Waals surface area contributed by atoms with Crippen molar-refractivity contribution in [3.63, 3.8) is 0 Å². The lowest BCUT2D eigenvalue weighted by Gasteiger charge is -2.25. The first kappa shape index (κ1) is 20.2. The number of alkyl halides is 3. The molecule has 0 radical (unpaired) electrons. The van der Waals surface area contributed by atoms with E-state index in [0.29, 0.717) is 42.7 Å². The first-order valence-electron chi connectivity index (χ1n) is 8.98. The van der Waals surface area contributed by atoms with E-state index in [4.69, 9.17) is 14.2 Å². The lowest BCUT2D eigenvalue weighted by Crippen LogP contribution is -2.28. The number of hydrogen-bond acceptors (Lipinski definition) is 4. The maximum absolute atomic E-state index is 12.5. The number of esters is 1. The quantitative estimate of drug-likeness (QED) is 0.500. The number of halogens is 3. The monoisotopic (exact) mass is 394 g/mol. The van der Waals surface area contributed by atoms with Crippen LogP contribution in [0.4, 0.5) is 13.2 Å². The molecule has 150 valence electrons. The van der Waals surface area contributed by atoms with Gasteiger partial charge in [-0.25, -0.2) is 4.79 Å². The molecule has 0 spiro atoms. The van der Waals surface area contributed by atoms with Crippen molar-refractivity contribution in [2.75, 3.05) is 13.7 Å². The summed E-state index contributed by atoms with van der Waals surface area (Å²) in [4.78, 5) is 12.1. The number of hydrogen-bond donors (Lipinski definition) is 0. The van der Waals surface area contributed by atoms with Crippen LogP contribution in [0.1, 0.15) is 39.9 Å². The molecule has 1 aliphatic rings. The summed E-state index contributed by atoms with van der Waals surface area (Å²) < 4.78 is 53.7. The van der Waals surface area contributed by atoms with Crippen LogP contribution >= 0.6 is 0 Å². The van der Waals surface area contributed by atoms with Gasteiger partial charge in [-0.1, -0.05) is 18.2 Å². The fourth-order valence-electron chi connectivity index (χ4n) is 3.11. The summed E-state index contributed by atoms with van der Waals surface area (Å²) in [7, 11) is 1.55. The standard InChI is InChI=1S/C21H21F3O4/c1-26-17-9-6-15-11-18(28-20(25)19(15)12-17)3-2-10-27-13-14-4-7-16(8-5-14)21(22,23)24/h4-9,12,18H,2-3,10-11,13H2,1H3. The summed E-state index contributed by atoms with van der Waals surface area (Å²) in [5.74, 6) is 0.265. The van der Waals surface area contributed by atoms with E-state index in [-0.39, 0.29) is 18.7 Å². The molecule has 0 saturated carbocycles. The summed E-state index contributed by atoms with van der Waals surface area (Å²) in [6.45, 7) is 0.676. The molecule has 1 atom stereocenters. The normalized spacial score (nSPS) is 16.4. The number of carbonyl (C=O) groups is 1. The molecule has 2 aromatic carbocycles. The second-order valence-corrected chi connectivity index (χ2v) is 6.64. The lowest BCUT2D eigenvalue weighted by molar-refractivity contribution is -0.137. The van der Waals surface area contributed by atoms with E-state index in [1.165, 1.54) is 12.1 Å². The molecule has 7 heteroatoms. The first-order valence-corrected chi connectivity index (χ1v) is 8.98. The van der Waals surface area contributed by atoms with Gasteiger partial charge in [0.15, 0.2) is 0 Å². The van der Waals surface area contributed by atoms with Crippen LogP contribution < -0.4 is 4.74 Å². The van der Waals surface area contributed by atoms with Gasteiger partial charge in [-0.2, -0.15) is 13.2 Å². The van der Waals surface area contributed by atoms with Gasteiger partial charge in [0.25, 0.3) is 0 Å². The molecule has 1 unspecified atom stereocenters. The van der Waals surface area contributed by atoms with Gasteiger partial charge in [0.1, 0.15) is 11.9 Å². The summed E-state index contributed by atoms with van der Waals surface area (Å²) >= 11 is 0. The molecule has 28 heavy (non-hydrogen) atoms. The van der Waals surface area contributed by atoms with Crippen molar-refractivity contribution in [3.8, 4) is 5.75 Å². The van der Waals surface area contributed by atoms with Crippen LogP contribution in [-0.2, 0) is 28.7 Å². The maximum atomic E-state index is 12.5. The number of fused-ring (bicyclic) bond motifs is 1. The molecular weight excluding hydrogens is 373 g/mol. The molecule has 2 aromatic rings. The van der Waals surface area contributed by atoms with Gasteiger partial charge < -0.3 is 14.2 Å². The average Bonchev–Trinajstić information content (AvgIpc) is 2.67. The number of benzene rings is 2. The van der Waals surface area contributed by atoms with Crippen molar-refractivity contribution in [1.82, 2.24) is 0 Å². The Bertz CT molecular complexity index is 815. The molecule has 1 heterocycles. The zero-order valence-electron chi connectivity index (χ0n) is 15.4. The van der Waals surface area contributed by atoms with Crippen LogP contribution in [0, 0.1) is 0 Å². The highest BCUT2D eigenvalue weighted by Crippen LogP contribution is 2.29. The van der Waals surface area contributed by atoms with Gasteiger partial charge >= 0.3 is 12.1 Å². The van der Waals surface area contributed by atoms with E-state index in [1.54, 1.807) is 13.2 Å². The molecule has 0 saturated heterocycles. The number of rotatable bonds is 7. The highest BCUT2D eigenvalue weighted by atomic mass is 19.4. The Balaban J connectivity index is 1.41. The largest absolute Gasteiger partial charge is 0.497 e. The SMILES string of the molecule is COc1ccc2c(c1)C(=O)OC(CCCOCc1ccc(C(F)(F)F)cc1)C2. The molecule has 1 aliphatic heterocycles. The molecule has 0 amide bonds. The molecule has 0 N–H and O–H groups in total. The topological polar surface area (TPSA) is 44.8 Å². The first-order chi connectivity index (χ1) is 13.4. The van der Waals surface area contributed by atoms with E-state index in [9.17, 15) is 18.0 Å². The fourth-order valence-corrected chi connectivity index (χ4v) is 3.11. The number of methoxy groups -OCH3 is 1. The Morgan fingerprint density at radius 1 is 1.14 bits per heavy atom. The summed E-state index contributed by atoms with van der Waals surface area (Å²) in [6.07, 6.45) is -2.55. The average molecular weight is 394 g/mol. The number of carbonyl (C=O) groups excluding carboxylic acids is 1. The highest BCUT2D eigenvalue weighted by molar-refractivity contribution is 5.92. The molecule has 0 bridgehead atoms. The fraction of sp³-hybridized carbons (Fsp3) is 0.381. The van der Waals surface area contributed by atoms with Gasteiger partial charge in [0.2, 0.25) is 0 Å². The highest BCUT2D eigenvalue weighted by Gasteiger charge is 2.30. The van der Waals surface area contributed by atoms with Crippen LogP contribution in [0.5, 0.6) is 5.75 Å². The van der Waals surface area contributed by atoms with Gasteiger partial charge in [-0.05, 0) is 48.2 Å². The van der Waals surface area contributed by atoms with E-state index < -0.39 is 11.7 Å². The van der Waals surface area contributed by atoms with E-state index in [2.05, 4.69) is 0 Å². The van der Waals surface area contributed by atoms with Crippen LogP contribution in [0.2, 0.25) is 0 Å². The van der Waals surface area contributed by atoms with Crippen molar-refractivity contribution in [2.24, 2.45) is 0 Å². The van der Waals surface area contributed by atoms with Crippen molar-refractivity contribution < 1.29 is 32.2 Å². The Morgan fingerprint density at radius 2 is 1.89 bits per heavy atom. The van der Waals surface area contributed by atoms with Crippen molar-refractivity contribution >= 4 is 5.97 Å². The predicted molar refractivity (Wildman–Crippen MR) is 96.2 cm³/mol. The van der Waals surface area contributed by atoms with E-state index in [0.717, 1.165) is 17.7 Å². The van der Waals surface area contributed by atoms with Crippen LogP contribution in [0.25, 0.3) is 0 Å². The molecule has 4 nitrogen and oxygen atoms in total. The summed E-state index contributed by atoms with van der Waals surface area (Å²) in [5, 5.41) is 0. The zero-order chi connectivity index (χ0) is 20.1. The second-order valence-electron chi connectivity index (χ2n) is 6.64. The Kier molecular flexibility index (Phi) is 6.24. The third kappa shape index (κ3) is 5.04. The Morgan fingerprint density at radius 3 is 2.57 bits per heavy atom. The van der Waals surface area contributed by atoms with Gasteiger partial charge in [-0.15, -0.1) is 0 Å². The zero-order valence-corrected chi connectivity index (χ0v) is 15.4. The molecule has 0 fully saturated rings. The van der Waals surface area contributed by atoms with Crippen molar-refractivity contribution in [3.05, 3.63) is 64.7 Å². The third-order valence-electron chi connectivity index (χ3n) is 4.62. The summed E-state index contributed by atoms with van der Waals surface area (Å²) in [6, 6.07) is 10.3. The van der Waals surface area contributed by atoms with E-state index >= 15 is 0 Å². The molecule has 0 aromatic heterocycles. The van der Waals surface area contributed by atoms with Crippen molar-refractivity contribution in [2.45, 2.75) is 38.1 Å². The van der Waals surface area contributed by atoms with Crippen LogP contribution in [0.15, 0.2) is 42.5 Å². The molecular formula is C21H21F3O4. The second kappa shape index (κ2) is 8.65. The maximum Gasteiger partial charge on any atom is 0.416 e. The Hall–Kier alpha value is -2.54. The van der Waals surface area contributed by atoms with Gasteiger partial charge in [0, 0.05) is 13.0 Å². The lowest BCUT2D eigenvalue weighted by atomic mass is 9.96. The minimum Gasteiger partial charge on any atom is -0.497 e. The number of cyclic esters (lactones) is 1. The van der Waals surface area contributed by atoms with Crippen molar-refractivity contribution in [1.29, 1.82) is 0 Å². The molecule has 3 rings (SSSR count). The third-order valence-corrected chi connectivity index (χ3v) is 4.62. The van der Waals surface area contributed by atoms with Crippen LogP contribution in [-0.4, -0.2) is 25.8 Å². The number of ether oxygens (including phenoxy) is 3. The smallest absolute Gasteiger partial charge is 0.416 e. The minimum absolute atomic E-state index is 0.205. The molecule has 0 aliphatic carbocycles. The predicted octanol–water partition coefficient (Wildman–Crippen LogP) is 4.79. The Labute approximate surface area is 161 Å². The summed E-state index contributed by atoms with van der Waals surface area (Å²) in [5.41, 5.74) is 1.48.